The van der Waals surface area contributed by atoms with Crippen LogP contribution in [0.2, 0.25) is 0 Å². The van der Waals surface area contributed by atoms with Crippen molar-refractivity contribution in [3.8, 4) is 11.5 Å². The maximum absolute atomic E-state index is 12.6. The number of rotatable bonds is 10. The molecule has 0 fully saturated rings. The molecule has 3 amide bonds. The Morgan fingerprint density at radius 1 is 1.21 bits per heavy atom. The Bertz CT molecular complexity index is 737. The molecule has 0 heterocycles. The van der Waals surface area contributed by atoms with Gasteiger partial charge in [0.05, 0.1) is 7.11 Å². The number of benzene rings is 1. The van der Waals surface area contributed by atoms with Gasteiger partial charge in [0.15, 0.2) is 18.1 Å². The van der Waals surface area contributed by atoms with Crippen LogP contribution < -0.4 is 20.1 Å². The Labute approximate surface area is 167 Å². The average Bonchev–Trinajstić information content (AvgIpc) is 2.64. The molecule has 1 rings (SSSR count). The van der Waals surface area contributed by atoms with Crippen molar-refractivity contribution in [1.29, 1.82) is 0 Å². The number of imide groups is 1. The van der Waals surface area contributed by atoms with Gasteiger partial charge in [-0.3, -0.25) is 10.1 Å². The van der Waals surface area contributed by atoms with Crippen LogP contribution in [0.4, 0.5) is 13.6 Å². The summed E-state index contributed by atoms with van der Waals surface area (Å²) in [5, 5.41) is 4.52. The van der Waals surface area contributed by atoms with E-state index >= 15 is 0 Å². The Morgan fingerprint density at radius 2 is 1.93 bits per heavy atom. The van der Waals surface area contributed by atoms with Crippen LogP contribution in [0.1, 0.15) is 25.8 Å². The zero-order chi connectivity index (χ0) is 21.8. The van der Waals surface area contributed by atoms with Crippen molar-refractivity contribution >= 4 is 24.0 Å². The normalized spacial score (nSPS) is 10.9. The number of alkyl halides is 2. The molecule has 0 aliphatic heterocycles. The summed E-state index contributed by atoms with van der Waals surface area (Å²) in [5.74, 6) is -1.51. The molecule has 8 nitrogen and oxygen atoms in total. The lowest BCUT2D eigenvalue weighted by atomic mass is 10.1. The molecule has 29 heavy (non-hydrogen) atoms. The fraction of sp³-hybridized carbons (Fsp3) is 0.421. The number of ether oxygens (including phenoxy) is 3. The van der Waals surface area contributed by atoms with Gasteiger partial charge in [0.2, 0.25) is 0 Å². The van der Waals surface area contributed by atoms with Gasteiger partial charge in [-0.05, 0) is 24.5 Å². The molecule has 0 bridgehead atoms. The van der Waals surface area contributed by atoms with Crippen molar-refractivity contribution in [2.24, 2.45) is 5.92 Å². The lowest BCUT2D eigenvalue weighted by Gasteiger charge is -2.12. The number of urea groups is 1. The maximum atomic E-state index is 12.6. The molecule has 0 aliphatic rings. The number of hydrogen-bond acceptors (Lipinski definition) is 6. The Balaban J connectivity index is 2.55. The van der Waals surface area contributed by atoms with E-state index in [9.17, 15) is 23.2 Å². The molecule has 2 N–H and O–H groups in total. The summed E-state index contributed by atoms with van der Waals surface area (Å²) in [6.45, 7) is 0.625. The van der Waals surface area contributed by atoms with E-state index in [1.165, 1.54) is 31.4 Å². The number of methoxy groups -OCH3 is 1. The predicted molar refractivity (Wildman–Crippen MR) is 101 cm³/mol. The highest BCUT2D eigenvalue weighted by Crippen LogP contribution is 2.33. The summed E-state index contributed by atoms with van der Waals surface area (Å²) < 4.78 is 39.2. The second-order valence-electron chi connectivity index (χ2n) is 6.18. The first-order chi connectivity index (χ1) is 13.7. The Morgan fingerprint density at radius 3 is 2.55 bits per heavy atom. The van der Waals surface area contributed by atoms with Crippen LogP contribution in [-0.4, -0.2) is 44.8 Å². The second-order valence-corrected chi connectivity index (χ2v) is 6.18. The summed E-state index contributed by atoms with van der Waals surface area (Å²) in [6.07, 6.45) is 2.87. The molecule has 0 atom stereocenters. The Hall–Kier alpha value is -3.17. The fourth-order valence-electron chi connectivity index (χ4n) is 2.06. The van der Waals surface area contributed by atoms with Crippen molar-refractivity contribution < 1.29 is 37.4 Å². The van der Waals surface area contributed by atoms with E-state index < -0.39 is 31.1 Å². The highest BCUT2D eigenvalue weighted by Gasteiger charge is 2.14. The number of halogens is 2. The highest BCUT2D eigenvalue weighted by atomic mass is 19.3. The molecule has 0 aromatic heterocycles. The molecule has 1 aromatic rings. The lowest BCUT2D eigenvalue weighted by molar-refractivity contribution is -0.143. The van der Waals surface area contributed by atoms with Crippen LogP contribution in [-0.2, 0) is 14.3 Å². The zero-order valence-electron chi connectivity index (χ0n) is 16.4. The van der Waals surface area contributed by atoms with Crippen LogP contribution in [0.15, 0.2) is 24.3 Å². The molecule has 0 saturated carbocycles. The van der Waals surface area contributed by atoms with Gasteiger partial charge in [0, 0.05) is 18.2 Å². The van der Waals surface area contributed by atoms with Gasteiger partial charge >= 0.3 is 18.6 Å². The van der Waals surface area contributed by atoms with Gasteiger partial charge < -0.3 is 19.5 Å². The molecule has 0 saturated heterocycles. The summed E-state index contributed by atoms with van der Waals surface area (Å²) in [7, 11) is 1.28. The maximum Gasteiger partial charge on any atom is 0.387 e. The second kappa shape index (κ2) is 12.3. The molecule has 160 valence electrons. The number of para-hydroxylation sites is 1. The van der Waals surface area contributed by atoms with Crippen molar-refractivity contribution in [2.75, 3.05) is 20.3 Å². The van der Waals surface area contributed by atoms with Crippen LogP contribution >= 0.6 is 0 Å². The van der Waals surface area contributed by atoms with E-state index in [1.54, 1.807) is 0 Å². The van der Waals surface area contributed by atoms with Crippen LogP contribution in [0.25, 0.3) is 6.08 Å². The van der Waals surface area contributed by atoms with Gasteiger partial charge in [0.1, 0.15) is 0 Å². The van der Waals surface area contributed by atoms with Gasteiger partial charge in [-0.25, -0.2) is 9.59 Å². The van der Waals surface area contributed by atoms with Crippen molar-refractivity contribution in [3.05, 3.63) is 29.8 Å². The topological polar surface area (TPSA) is 103 Å². The van der Waals surface area contributed by atoms with Crippen LogP contribution in [0, 0.1) is 5.92 Å². The first-order valence-corrected chi connectivity index (χ1v) is 8.77. The van der Waals surface area contributed by atoms with E-state index in [0.717, 1.165) is 12.5 Å². The molecule has 0 unspecified atom stereocenters. The summed E-state index contributed by atoms with van der Waals surface area (Å²) in [5.41, 5.74) is 0.149. The quantitative estimate of drug-likeness (QED) is 0.451. The first-order valence-electron chi connectivity index (χ1n) is 8.77. The standard InChI is InChI=1S/C19H24F2N2O6/c1-12(2)9-10-22-19(26)23-15(24)11-28-16(25)8-7-13-5-4-6-14(27-3)17(13)29-18(20)21/h4-8,12,18H,9-11H2,1-3H3,(H2,22,23,24,26)/b8-7+. The molecule has 0 radical (unpaired) electrons. The minimum Gasteiger partial charge on any atom is -0.493 e. The molecule has 0 spiro atoms. The minimum atomic E-state index is -3.08. The van der Waals surface area contributed by atoms with Crippen LogP contribution in [0.3, 0.4) is 0 Å². The third kappa shape index (κ3) is 9.54. The summed E-state index contributed by atoms with van der Waals surface area (Å²) in [6, 6.07) is 3.68. The predicted octanol–water partition coefficient (Wildman–Crippen LogP) is 2.72. The third-order valence-corrected chi connectivity index (χ3v) is 3.44. The summed E-state index contributed by atoms with van der Waals surface area (Å²) >= 11 is 0. The van der Waals surface area contributed by atoms with E-state index in [4.69, 9.17) is 9.47 Å². The molecular formula is C19H24F2N2O6. The average molecular weight is 414 g/mol. The molecular weight excluding hydrogens is 390 g/mol. The van der Waals surface area contributed by atoms with E-state index in [0.29, 0.717) is 12.5 Å². The van der Waals surface area contributed by atoms with Gasteiger partial charge in [-0.2, -0.15) is 8.78 Å². The van der Waals surface area contributed by atoms with Gasteiger partial charge in [-0.15, -0.1) is 0 Å². The van der Waals surface area contributed by atoms with Gasteiger partial charge in [0.25, 0.3) is 5.91 Å². The minimum absolute atomic E-state index is 0.0590. The molecule has 0 aliphatic carbocycles. The monoisotopic (exact) mass is 414 g/mol. The smallest absolute Gasteiger partial charge is 0.387 e. The van der Waals surface area contributed by atoms with Crippen LogP contribution in [0.5, 0.6) is 11.5 Å². The highest BCUT2D eigenvalue weighted by molar-refractivity contribution is 5.96. The number of nitrogens with one attached hydrogen (secondary N) is 2. The van der Waals surface area contributed by atoms with E-state index in [-0.39, 0.29) is 17.1 Å². The number of carbonyl (C=O) groups is 3. The van der Waals surface area contributed by atoms with E-state index in [1.807, 2.05) is 19.2 Å². The number of amides is 3. The van der Waals surface area contributed by atoms with Crippen molar-refractivity contribution in [3.63, 3.8) is 0 Å². The number of hydrogen-bond donors (Lipinski definition) is 2. The number of esters is 1. The zero-order valence-corrected chi connectivity index (χ0v) is 16.4. The fourth-order valence-corrected chi connectivity index (χ4v) is 2.06. The largest absolute Gasteiger partial charge is 0.493 e. The summed E-state index contributed by atoms with van der Waals surface area (Å²) in [4.78, 5) is 34.8. The lowest BCUT2D eigenvalue weighted by Crippen LogP contribution is -2.41. The van der Waals surface area contributed by atoms with E-state index in [2.05, 4.69) is 10.1 Å². The first kappa shape index (κ1) is 23.9. The van der Waals surface area contributed by atoms with Crippen molar-refractivity contribution in [1.82, 2.24) is 10.6 Å². The SMILES string of the molecule is COc1cccc(/C=C/C(=O)OCC(=O)NC(=O)NCCC(C)C)c1OC(F)F. The molecule has 1 aromatic carbocycles. The number of carbonyl (C=O) groups excluding carboxylic acids is 3. The Kier molecular flexibility index (Phi) is 10.1. The van der Waals surface area contributed by atoms with Crippen molar-refractivity contribution in [2.45, 2.75) is 26.9 Å². The third-order valence-electron chi connectivity index (χ3n) is 3.44. The molecule has 10 heteroatoms. The van der Waals surface area contributed by atoms with Gasteiger partial charge in [-0.1, -0.05) is 26.0 Å².